The molecule has 1 aromatic carbocycles. The van der Waals surface area contributed by atoms with Crippen molar-refractivity contribution in [3.63, 3.8) is 0 Å². The fourth-order valence-corrected chi connectivity index (χ4v) is 7.21. The van der Waals surface area contributed by atoms with Crippen LogP contribution in [-0.2, 0) is 29.2 Å². The summed E-state index contributed by atoms with van der Waals surface area (Å²) in [5, 5.41) is 8.38. The first kappa shape index (κ1) is 35.4. The predicted molar refractivity (Wildman–Crippen MR) is 172 cm³/mol. The summed E-state index contributed by atoms with van der Waals surface area (Å²) in [6, 6.07) is 4.24. The Morgan fingerprint density at radius 2 is 1.52 bits per heavy atom. The van der Waals surface area contributed by atoms with E-state index in [0.29, 0.717) is 6.42 Å². The van der Waals surface area contributed by atoms with Crippen LogP contribution in [0.2, 0.25) is 0 Å². The van der Waals surface area contributed by atoms with Crippen molar-refractivity contribution in [1.82, 2.24) is 25.6 Å². The second-order valence-corrected chi connectivity index (χ2v) is 16.5. The molecule has 1 heterocycles. The highest BCUT2D eigenvalue weighted by Crippen LogP contribution is 2.39. The third kappa shape index (κ3) is 7.90. The number of nitrogens with zero attached hydrogens (tertiary/aromatic N) is 1. The minimum absolute atomic E-state index is 0.00514. The molecule has 1 aromatic rings. The molecule has 3 fully saturated rings. The van der Waals surface area contributed by atoms with Gasteiger partial charge in [0.2, 0.25) is 11.8 Å². The summed E-state index contributed by atoms with van der Waals surface area (Å²) in [6.07, 6.45) is 2.68. The molecule has 4 N–H and O–H groups in total. The molecule has 46 heavy (non-hydrogen) atoms. The molecule has 2 unspecified atom stereocenters. The summed E-state index contributed by atoms with van der Waals surface area (Å²) < 4.78 is 27.7. The van der Waals surface area contributed by atoms with Crippen molar-refractivity contribution in [3.05, 3.63) is 30.3 Å². The van der Waals surface area contributed by atoms with Crippen LogP contribution in [-0.4, -0.2) is 73.1 Å². The summed E-state index contributed by atoms with van der Waals surface area (Å²) in [5.74, 6) is -2.20. The Morgan fingerprint density at radius 1 is 0.913 bits per heavy atom. The van der Waals surface area contributed by atoms with E-state index in [1.165, 1.54) is 17.0 Å². The van der Waals surface area contributed by atoms with Crippen molar-refractivity contribution in [3.8, 4) is 0 Å². The summed E-state index contributed by atoms with van der Waals surface area (Å²) in [4.78, 5) is 68.9. The second kappa shape index (κ2) is 13.3. The molecule has 1 saturated heterocycles. The lowest BCUT2D eigenvalue weighted by atomic mass is 9.84. The SMILES string of the molecule is CC(C)C1CCN(C(=O)[C@@H](NC(=O)N[C@H](C(=O)C2CC2)C(C)C)C(C)(C)C)C1C(=O)NC1(C(=O)NS(=O)(=O)c2ccccc2)CC1. The number of rotatable bonds is 12. The fourth-order valence-electron chi connectivity index (χ4n) is 6.14. The molecule has 0 bridgehead atoms. The molecule has 2 saturated carbocycles. The van der Waals surface area contributed by atoms with Gasteiger partial charge in [-0.05, 0) is 67.4 Å². The summed E-state index contributed by atoms with van der Waals surface area (Å²) >= 11 is 0. The number of urea groups is 1. The highest BCUT2D eigenvalue weighted by atomic mass is 32.2. The maximum absolute atomic E-state index is 14.2. The van der Waals surface area contributed by atoms with Gasteiger partial charge in [-0.3, -0.25) is 19.2 Å². The van der Waals surface area contributed by atoms with Crippen LogP contribution in [0.1, 0.15) is 80.6 Å². The molecule has 4 rings (SSSR count). The zero-order valence-electron chi connectivity index (χ0n) is 27.9. The Morgan fingerprint density at radius 3 is 2.02 bits per heavy atom. The quantitative estimate of drug-likeness (QED) is 0.267. The van der Waals surface area contributed by atoms with E-state index in [1.54, 1.807) is 18.2 Å². The van der Waals surface area contributed by atoms with Crippen molar-refractivity contribution in [2.75, 3.05) is 6.54 Å². The fraction of sp³-hybridized carbons (Fsp3) is 0.667. The average Bonchev–Trinajstić information content (AvgIpc) is 3.91. The van der Waals surface area contributed by atoms with Gasteiger partial charge < -0.3 is 20.9 Å². The van der Waals surface area contributed by atoms with E-state index in [2.05, 4.69) is 20.7 Å². The number of Topliss-reactive ketones (excluding diaryl/α,β-unsaturated/α-hetero) is 1. The number of hydrogen-bond acceptors (Lipinski definition) is 7. The normalized spacial score (nSPS) is 22.2. The molecular formula is C33H49N5O7S. The molecule has 2 aliphatic carbocycles. The van der Waals surface area contributed by atoms with E-state index in [9.17, 15) is 32.4 Å². The Balaban J connectivity index is 1.51. The third-order valence-corrected chi connectivity index (χ3v) is 10.7. The van der Waals surface area contributed by atoms with Crippen LogP contribution in [0.3, 0.4) is 0 Å². The first-order chi connectivity index (χ1) is 21.4. The molecule has 254 valence electrons. The van der Waals surface area contributed by atoms with Crippen LogP contribution in [0.25, 0.3) is 0 Å². The Kier molecular flexibility index (Phi) is 10.2. The van der Waals surface area contributed by atoms with Gasteiger partial charge in [0.15, 0.2) is 5.78 Å². The zero-order chi connectivity index (χ0) is 34.2. The molecule has 1 aliphatic heterocycles. The van der Waals surface area contributed by atoms with Crippen LogP contribution >= 0.6 is 0 Å². The van der Waals surface area contributed by atoms with Gasteiger partial charge in [-0.15, -0.1) is 0 Å². The van der Waals surface area contributed by atoms with Gasteiger partial charge in [0.25, 0.3) is 15.9 Å². The van der Waals surface area contributed by atoms with Crippen molar-refractivity contribution in [2.24, 2.45) is 29.1 Å². The first-order valence-electron chi connectivity index (χ1n) is 16.2. The summed E-state index contributed by atoms with van der Waals surface area (Å²) in [6.45, 7) is 13.3. The van der Waals surface area contributed by atoms with Crippen LogP contribution in [0.5, 0.6) is 0 Å². The molecule has 3 aliphatic rings. The Labute approximate surface area is 272 Å². The van der Waals surface area contributed by atoms with E-state index < -0.39 is 62.9 Å². The van der Waals surface area contributed by atoms with Gasteiger partial charge in [0.1, 0.15) is 17.6 Å². The molecule has 0 radical (unpaired) electrons. The molecule has 12 nitrogen and oxygen atoms in total. The molecule has 0 spiro atoms. The topological polar surface area (TPSA) is 171 Å². The van der Waals surface area contributed by atoms with Crippen LogP contribution < -0.4 is 20.7 Å². The largest absolute Gasteiger partial charge is 0.340 e. The highest BCUT2D eigenvalue weighted by molar-refractivity contribution is 7.90. The highest BCUT2D eigenvalue weighted by Gasteiger charge is 2.55. The van der Waals surface area contributed by atoms with Crippen LogP contribution in [0.15, 0.2) is 35.2 Å². The van der Waals surface area contributed by atoms with Crippen molar-refractivity contribution in [1.29, 1.82) is 0 Å². The number of amides is 5. The summed E-state index contributed by atoms with van der Waals surface area (Å²) in [7, 11) is -4.15. The van der Waals surface area contributed by atoms with Gasteiger partial charge >= 0.3 is 6.03 Å². The van der Waals surface area contributed by atoms with Crippen molar-refractivity contribution >= 4 is 39.6 Å². The number of hydrogen-bond donors (Lipinski definition) is 4. The van der Waals surface area contributed by atoms with Crippen LogP contribution in [0.4, 0.5) is 4.79 Å². The maximum atomic E-state index is 14.2. The third-order valence-electron chi connectivity index (χ3n) is 9.31. The molecular weight excluding hydrogens is 610 g/mol. The number of benzene rings is 1. The lowest BCUT2D eigenvalue weighted by molar-refractivity contribution is -0.143. The van der Waals surface area contributed by atoms with Crippen molar-refractivity contribution in [2.45, 2.75) is 109 Å². The van der Waals surface area contributed by atoms with Gasteiger partial charge in [-0.1, -0.05) is 66.7 Å². The van der Waals surface area contributed by atoms with Crippen molar-refractivity contribution < 1.29 is 32.4 Å². The smallest absolute Gasteiger partial charge is 0.316 e. The minimum atomic E-state index is -4.15. The van der Waals surface area contributed by atoms with Gasteiger partial charge in [0, 0.05) is 12.5 Å². The minimum Gasteiger partial charge on any atom is -0.340 e. The number of carbonyl (C=O) groups is 5. The number of carbonyl (C=O) groups excluding carboxylic acids is 5. The Hall–Kier alpha value is -3.48. The molecule has 5 amide bonds. The first-order valence-corrected chi connectivity index (χ1v) is 17.7. The van der Waals surface area contributed by atoms with E-state index in [1.807, 2.05) is 48.5 Å². The second-order valence-electron chi connectivity index (χ2n) is 14.8. The monoisotopic (exact) mass is 659 g/mol. The van der Waals surface area contributed by atoms with Crippen LogP contribution in [0, 0.1) is 29.1 Å². The van der Waals surface area contributed by atoms with Gasteiger partial charge in [0.05, 0.1) is 10.9 Å². The van der Waals surface area contributed by atoms with E-state index in [4.69, 9.17) is 0 Å². The van der Waals surface area contributed by atoms with E-state index in [-0.39, 0.29) is 53.7 Å². The number of sulfonamides is 1. The number of ketones is 1. The maximum Gasteiger partial charge on any atom is 0.316 e. The average molecular weight is 660 g/mol. The van der Waals surface area contributed by atoms with Gasteiger partial charge in [-0.2, -0.15) is 0 Å². The predicted octanol–water partition coefficient (Wildman–Crippen LogP) is 2.73. The Bertz CT molecular complexity index is 1450. The molecule has 4 atom stereocenters. The lowest BCUT2D eigenvalue weighted by Gasteiger charge is -2.37. The molecule has 13 heteroatoms. The molecule has 0 aromatic heterocycles. The summed E-state index contributed by atoms with van der Waals surface area (Å²) in [5.41, 5.74) is -2.15. The zero-order valence-corrected chi connectivity index (χ0v) is 28.7. The standard InChI is InChI=1S/C33H49N5O7S/c1-19(2)23-15-18-38(29(41)27(32(5,6)7)35-31(43)34-24(20(3)4)26(39)21-13-14-21)25(23)28(40)36-33(16-17-33)30(42)37-46(44,45)22-11-9-8-10-12-22/h8-12,19-21,23-25,27H,13-18H2,1-7H3,(H,36,40)(H,37,42)(H2,34,35,43)/t23?,24-,25?,27+/m0/s1. The number of nitrogens with one attached hydrogen (secondary N) is 4. The van der Waals surface area contributed by atoms with E-state index in [0.717, 1.165) is 12.8 Å². The lowest BCUT2D eigenvalue weighted by Crippen LogP contribution is -2.62. The van der Waals surface area contributed by atoms with Gasteiger partial charge in [-0.25, -0.2) is 17.9 Å². The number of likely N-dealkylation sites (tertiary alicyclic amines) is 1. The van der Waals surface area contributed by atoms with E-state index >= 15 is 0 Å².